The van der Waals surface area contributed by atoms with Crippen LogP contribution in [0.5, 0.6) is 5.75 Å². The molecule has 0 saturated heterocycles. The molecule has 2 aromatic rings. The van der Waals surface area contributed by atoms with Gasteiger partial charge in [0.15, 0.2) is 5.16 Å². The molecule has 0 aliphatic carbocycles. The summed E-state index contributed by atoms with van der Waals surface area (Å²) >= 11 is 1.21. The van der Waals surface area contributed by atoms with Crippen LogP contribution >= 0.6 is 11.8 Å². The quantitative estimate of drug-likeness (QED) is 0.616. The van der Waals surface area contributed by atoms with Crippen molar-refractivity contribution < 1.29 is 14.3 Å². The fourth-order valence-electron chi connectivity index (χ4n) is 1.57. The van der Waals surface area contributed by atoms with Crippen molar-refractivity contribution >= 4 is 23.6 Å². The van der Waals surface area contributed by atoms with E-state index in [2.05, 4.69) is 21.0 Å². The molecule has 0 atom stereocenters. The number of nitrogens with one attached hydrogen (secondary N) is 2. The molecule has 9 heteroatoms. The lowest BCUT2D eigenvalue weighted by atomic mass is 10.3. The maximum absolute atomic E-state index is 11.6. The van der Waals surface area contributed by atoms with Gasteiger partial charge in [-0.2, -0.15) is 0 Å². The van der Waals surface area contributed by atoms with E-state index >= 15 is 0 Å². The predicted octanol–water partition coefficient (Wildman–Crippen LogP) is 0.535. The standard InChI is InChI=1S/C13H15N5O3S/c1-9(19)15-16-12(20)7-22-13-17-14-8-18(13)10-3-5-11(21-2)6-4-10/h3-6,8H,7H2,1-2H3,(H,15,19)(H,16,20). The normalized spacial score (nSPS) is 10.1. The second-order valence-electron chi connectivity index (χ2n) is 4.20. The minimum atomic E-state index is -0.334. The van der Waals surface area contributed by atoms with E-state index in [1.807, 2.05) is 24.3 Å². The molecule has 1 heterocycles. The van der Waals surface area contributed by atoms with Crippen molar-refractivity contribution in [1.29, 1.82) is 0 Å². The highest BCUT2D eigenvalue weighted by Gasteiger charge is 2.10. The maximum atomic E-state index is 11.6. The van der Waals surface area contributed by atoms with Crippen LogP contribution in [0.4, 0.5) is 0 Å². The lowest BCUT2D eigenvalue weighted by Gasteiger charge is -2.07. The monoisotopic (exact) mass is 321 g/mol. The van der Waals surface area contributed by atoms with Crippen molar-refractivity contribution in [1.82, 2.24) is 25.6 Å². The lowest BCUT2D eigenvalue weighted by Crippen LogP contribution is -2.41. The first-order chi connectivity index (χ1) is 10.6. The number of benzene rings is 1. The van der Waals surface area contributed by atoms with Crippen molar-refractivity contribution in [2.45, 2.75) is 12.1 Å². The average molecular weight is 321 g/mol. The first-order valence-corrected chi connectivity index (χ1v) is 7.31. The Morgan fingerprint density at radius 1 is 1.27 bits per heavy atom. The van der Waals surface area contributed by atoms with E-state index in [1.165, 1.54) is 18.7 Å². The molecular weight excluding hydrogens is 306 g/mol. The molecule has 0 unspecified atom stereocenters. The highest BCUT2D eigenvalue weighted by atomic mass is 32.2. The van der Waals surface area contributed by atoms with Crippen LogP contribution in [0.15, 0.2) is 35.7 Å². The van der Waals surface area contributed by atoms with Crippen LogP contribution in [-0.2, 0) is 9.59 Å². The topological polar surface area (TPSA) is 98.1 Å². The molecular formula is C13H15N5O3S. The third-order valence-corrected chi connectivity index (χ3v) is 3.52. The minimum Gasteiger partial charge on any atom is -0.497 e. The Hall–Kier alpha value is -2.55. The number of nitrogens with zero attached hydrogens (tertiary/aromatic N) is 3. The largest absolute Gasteiger partial charge is 0.497 e. The van der Waals surface area contributed by atoms with Crippen molar-refractivity contribution in [2.75, 3.05) is 12.9 Å². The Kier molecular flexibility index (Phi) is 5.37. The Morgan fingerprint density at radius 3 is 2.64 bits per heavy atom. The minimum absolute atomic E-state index is 0.106. The van der Waals surface area contributed by atoms with Gasteiger partial charge in [-0.25, -0.2) is 0 Å². The van der Waals surface area contributed by atoms with Gasteiger partial charge in [-0.3, -0.25) is 25.0 Å². The van der Waals surface area contributed by atoms with Crippen molar-refractivity contribution in [2.24, 2.45) is 0 Å². The zero-order valence-electron chi connectivity index (χ0n) is 12.1. The summed E-state index contributed by atoms with van der Waals surface area (Å²) in [7, 11) is 1.60. The maximum Gasteiger partial charge on any atom is 0.248 e. The molecule has 1 aromatic carbocycles. The third-order valence-electron chi connectivity index (χ3n) is 2.58. The van der Waals surface area contributed by atoms with E-state index < -0.39 is 0 Å². The molecule has 2 rings (SSSR count). The van der Waals surface area contributed by atoms with Gasteiger partial charge in [0.25, 0.3) is 0 Å². The predicted molar refractivity (Wildman–Crippen MR) is 80.6 cm³/mol. The summed E-state index contributed by atoms with van der Waals surface area (Å²) in [5.41, 5.74) is 5.37. The van der Waals surface area contributed by atoms with E-state index in [-0.39, 0.29) is 17.6 Å². The Bertz CT molecular complexity index is 656. The van der Waals surface area contributed by atoms with Crippen LogP contribution in [0.2, 0.25) is 0 Å². The number of aromatic nitrogens is 3. The summed E-state index contributed by atoms with van der Waals surface area (Å²) in [6, 6.07) is 7.38. The number of carbonyl (C=O) groups excluding carboxylic acids is 2. The summed E-state index contributed by atoms with van der Waals surface area (Å²) in [4.78, 5) is 22.3. The van der Waals surface area contributed by atoms with Crippen LogP contribution in [0.3, 0.4) is 0 Å². The Balaban J connectivity index is 2.00. The van der Waals surface area contributed by atoms with E-state index in [4.69, 9.17) is 4.74 Å². The molecule has 0 bridgehead atoms. The van der Waals surface area contributed by atoms with Gasteiger partial charge in [0.2, 0.25) is 11.8 Å². The summed E-state index contributed by atoms with van der Waals surface area (Å²) in [5.74, 6) is 0.194. The number of hydrogen-bond donors (Lipinski definition) is 2. The molecule has 8 nitrogen and oxygen atoms in total. The summed E-state index contributed by atoms with van der Waals surface area (Å²) in [5, 5.41) is 8.40. The zero-order valence-corrected chi connectivity index (χ0v) is 12.9. The SMILES string of the molecule is COc1ccc(-n2cnnc2SCC(=O)NNC(C)=O)cc1. The van der Waals surface area contributed by atoms with Crippen molar-refractivity contribution in [3.05, 3.63) is 30.6 Å². The molecule has 0 aliphatic heterocycles. The number of ether oxygens (including phenoxy) is 1. The molecule has 1 aromatic heterocycles. The van der Waals surface area contributed by atoms with E-state index in [0.717, 1.165) is 11.4 Å². The Morgan fingerprint density at radius 2 is 2.00 bits per heavy atom. The number of rotatable bonds is 5. The van der Waals surface area contributed by atoms with Gasteiger partial charge in [0, 0.05) is 12.6 Å². The highest BCUT2D eigenvalue weighted by Crippen LogP contribution is 2.21. The van der Waals surface area contributed by atoms with Gasteiger partial charge in [-0.1, -0.05) is 11.8 Å². The third kappa shape index (κ3) is 4.22. The molecule has 0 aliphatic rings. The molecule has 0 spiro atoms. The summed E-state index contributed by atoms with van der Waals surface area (Å²) in [6.07, 6.45) is 1.57. The van der Waals surface area contributed by atoms with Gasteiger partial charge in [-0.15, -0.1) is 10.2 Å². The molecule has 0 fully saturated rings. The zero-order chi connectivity index (χ0) is 15.9. The molecule has 22 heavy (non-hydrogen) atoms. The van der Waals surface area contributed by atoms with Crippen LogP contribution in [-0.4, -0.2) is 39.4 Å². The second kappa shape index (κ2) is 7.46. The van der Waals surface area contributed by atoms with E-state index in [9.17, 15) is 9.59 Å². The smallest absolute Gasteiger partial charge is 0.248 e. The number of carbonyl (C=O) groups is 2. The van der Waals surface area contributed by atoms with E-state index in [1.54, 1.807) is 18.0 Å². The van der Waals surface area contributed by atoms with Crippen LogP contribution in [0, 0.1) is 0 Å². The lowest BCUT2D eigenvalue weighted by molar-refractivity contribution is -0.126. The summed E-state index contributed by atoms with van der Waals surface area (Å²) in [6.45, 7) is 1.31. The molecule has 116 valence electrons. The first kappa shape index (κ1) is 15.8. The van der Waals surface area contributed by atoms with Crippen LogP contribution in [0.25, 0.3) is 5.69 Å². The Labute approximate surface area is 131 Å². The first-order valence-electron chi connectivity index (χ1n) is 6.33. The fourth-order valence-corrected chi connectivity index (χ4v) is 2.30. The molecule has 2 N–H and O–H groups in total. The van der Waals surface area contributed by atoms with Crippen molar-refractivity contribution in [3.63, 3.8) is 0 Å². The summed E-state index contributed by atoms with van der Waals surface area (Å²) < 4.78 is 6.87. The van der Waals surface area contributed by atoms with Crippen molar-refractivity contribution in [3.8, 4) is 11.4 Å². The van der Waals surface area contributed by atoms with Gasteiger partial charge in [0.05, 0.1) is 12.9 Å². The van der Waals surface area contributed by atoms with E-state index in [0.29, 0.717) is 5.16 Å². The van der Waals surface area contributed by atoms with Gasteiger partial charge in [-0.05, 0) is 24.3 Å². The van der Waals surface area contributed by atoms with Gasteiger partial charge >= 0.3 is 0 Å². The van der Waals surface area contributed by atoms with Crippen LogP contribution < -0.4 is 15.6 Å². The number of methoxy groups -OCH3 is 1. The fraction of sp³-hybridized carbons (Fsp3) is 0.231. The second-order valence-corrected chi connectivity index (χ2v) is 5.14. The molecule has 0 saturated carbocycles. The van der Waals surface area contributed by atoms with Gasteiger partial charge in [0.1, 0.15) is 12.1 Å². The number of thioether (sulfide) groups is 1. The van der Waals surface area contributed by atoms with Gasteiger partial charge < -0.3 is 4.74 Å². The molecule has 0 radical (unpaired) electrons. The average Bonchev–Trinajstić information content (AvgIpc) is 2.99. The van der Waals surface area contributed by atoms with Crippen LogP contribution in [0.1, 0.15) is 6.92 Å². The number of hydrogen-bond acceptors (Lipinski definition) is 6. The number of hydrazine groups is 1. The number of amides is 2. The highest BCUT2D eigenvalue weighted by molar-refractivity contribution is 7.99. The molecule has 2 amide bonds.